The van der Waals surface area contributed by atoms with Crippen LogP contribution in [0.1, 0.15) is 30.6 Å². The molecule has 106 valence electrons. The van der Waals surface area contributed by atoms with Crippen molar-refractivity contribution < 1.29 is 4.79 Å². The van der Waals surface area contributed by atoms with E-state index in [1.165, 1.54) is 24.2 Å². The first-order valence-corrected chi connectivity index (χ1v) is 8.50. The van der Waals surface area contributed by atoms with Crippen LogP contribution in [-0.2, 0) is 11.2 Å². The lowest BCUT2D eigenvalue weighted by Gasteiger charge is -2.11. The summed E-state index contributed by atoms with van der Waals surface area (Å²) in [5.41, 5.74) is 6.67. The molecule has 0 unspecified atom stereocenters. The van der Waals surface area contributed by atoms with Gasteiger partial charge in [-0.25, -0.2) is 4.98 Å². The van der Waals surface area contributed by atoms with Gasteiger partial charge in [0.25, 0.3) is 0 Å². The zero-order valence-electron chi connectivity index (χ0n) is 11.1. The highest BCUT2D eigenvalue weighted by atomic mass is 32.1. The number of thiophene rings is 1. The molecule has 1 saturated carbocycles. The SMILES string of the molecule is Nc1nc(-c2cccs2)c(CC(=O)NC2CCCC2)s1. The summed E-state index contributed by atoms with van der Waals surface area (Å²) in [5.74, 6) is 0.0818. The van der Waals surface area contributed by atoms with E-state index in [0.29, 0.717) is 17.6 Å². The number of carbonyl (C=O) groups is 1. The Balaban J connectivity index is 1.72. The molecule has 1 amide bonds. The van der Waals surface area contributed by atoms with Gasteiger partial charge in [0.15, 0.2) is 5.13 Å². The fourth-order valence-electron chi connectivity index (χ4n) is 2.59. The van der Waals surface area contributed by atoms with Crippen LogP contribution in [0, 0.1) is 0 Å². The molecule has 1 aliphatic carbocycles. The Hall–Kier alpha value is -1.40. The molecule has 2 heterocycles. The molecule has 0 spiro atoms. The van der Waals surface area contributed by atoms with Crippen molar-refractivity contribution in [2.75, 3.05) is 5.73 Å². The number of hydrogen-bond acceptors (Lipinski definition) is 5. The van der Waals surface area contributed by atoms with E-state index >= 15 is 0 Å². The number of nitrogens with one attached hydrogen (secondary N) is 1. The highest BCUT2D eigenvalue weighted by Crippen LogP contribution is 2.32. The molecular weight excluding hydrogens is 290 g/mol. The maximum atomic E-state index is 12.1. The maximum Gasteiger partial charge on any atom is 0.225 e. The molecule has 0 atom stereocenters. The number of anilines is 1. The fraction of sp³-hybridized carbons (Fsp3) is 0.429. The minimum atomic E-state index is 0.0818. The highest BCUT2D eigenvalue weighted by Gasteiger charge is 2.20. The molecule has 6 heteroatoms. The van der Waals surface area contributed by atoms with Crippen molar-refractivity contribution in [3.05, 3.63) is 22.4 Å². The van der Waals surface area contributed by atoms with Crippen LogP contribution < -0.4 is 11.1 Å². The maximum absolute atomic E-state index is 12.1. The third-order valence-electron chi connectivity index (χ3n) is 3.51. The van der Waals surface area contributed by atoms with Crippen molar-refractivity contribution in [1.29, 1.82) is 0 Å². The molecule has 4 nitrogen and oxygen atoms in total. The van der Waals surface area contributed by atoms with Crippen LogP contribution in [-0.4, -0.2) is 16.9 Å². The molecule has 0 saturated heterocycles. The Labute approximate surface area is 126 Å². The first kappa shape index (κ1) is 13.6. The number of thiazole rings is 1. The van der Waals surface area contributed by atoms with Gasteiger partial charge < -0.3 is 11.1 Å². The first-order valence-electron chi connectivity index (χ1n) is 6.81. The lowest BCUT2D eigenvalue weighted by Crippen LogP contribution is -2.33. The molecule has 3 rings (SSSR count). The average Bonchev–Trinajstić information content (AvgIpc) is 3.10. The van der Waals surface area contributed by atoms with Gasteiger partial charge in [-0.2, -0.15) is 0 Å². The minimum absolute atomic E-state index is 0.0818. The van der Waals surface area contributed by atoms with Gasteiger partial charge in [0.2, 0.25) is 5.91 Å². The van der Waals surface area contributed by atoms with Gasteiger partial charge in [-0.3, -0.25) is 4.79 Å². The van der Waals surface area contributed by atoms with Gasteiger partial charge in [-0.1, -0.05) is 18.9 Å². The number of carbonyl (C=O) groups excluding carboxylic acids is 1. The van der Waals surface area contributed by atoms with Gasteiger partial charge in [0.05, 0.1) is 17.0 Å². The smallest absolute Gasteiger partial charge is 0.225 e. The zero-order chi connectivity index (χ0) is 13.9. The van der Waals surface area contributed by atoms with Gasteiger partial charge in [0.1, 0.15) is 0 Å². The van der Waals surface area contributed by atoms with Crippen molar-refractivity contribution in [3.63, 3.8) is 0 Å². The van der Waals surface area contributed by atoms with Crippen LogP contribution in [0.4, 0.5) is 5.13 Å². The second kappa shape index (κ2) is 5.93. The van der Waals surface area contributed by atoms with E-state index in [2.05, 4.69) is 10.3 Å². The molecule has 0 aliphatic heterocycles. The predicted octanol–water partition coefficient (Wildman–Crippen LogP) is 3.06. The Bertz CT molecular complexity index is 586. The van der Waals surface area contributed by atoms with Crippen molar-refractivity contribution in [2.24, 2.45) is 0 Å². The van der Waals surface area contributed by atoms with E-state index in [9.17, 15) is 4.79 Å². The summed E-state index contributed by atoms with van der Waals surface area (Å²) in [6.45, 7) is 0. The second-order valence-corrected chi connectivity index (χ2v) is 7.09. The van der Waals surface area contributed by atoms with Crippen LogP contribution in [0.15, 0.2) is 17.5 Å². The standard InChI is InChI=1S/C14H17N3OS2/c15-14-17-13(10-6-3-7-19-10)11(20-14)8-12(18)16-9-4-1-2-5-9/h3,6-7,9H,1-2,4-5,8H2,(H2,15,17)(H,16,18). The Kier molecular flexibility index (Phi) is 4.03. The van der Waals surface area contributed by atoms with E-state index in [1.807, 2.05) is 17.5 Å². The van der Waals surface area contributed by atoms with Gasteiger partial charge >= 0.3 is 0 Å². The van der Waals surface area contributed by atoms with E-state index in [1.54, 1.807) is 11.3 Å². The number of nitrogen functional groups attached to an aromatic ring is 1. The quantitative estimate of drug-likeness (QED) is 0.912. The lowest BCUT2D eigenvalue weighted by atomic mass is 10.2. The topological polar surface area (TPSA) is 68.0 Å². The van der Waals surface area contributed by atoms with Crippen molar-refractivity contribution in [2.45, 2.75) is 38.1 Å². The molecule has 0 bridgehead atoms. The average molecular weight is 307 g/mol. The molecule has 2 aromatic rings. The third-order valence-corrected chi connectivity index (χ3v) is 5.27. The number of amides is 1. The lowest BCUT2D eigenvalue weighted by molar-refractivity contribution is -0.121. The Morgan fingerprint density at radius 3 is 2.95 bits per heavy atom. The Morgan fingerprint density at radius 1 is 1.45 bits per heavy atom. The summed E-state index contributed by atoms with van der Waals surface area (Å²) in [4.78, 5) is 18.5. The molecule has 3 N–H and O–H groups in total. The zero-order valence-corrected chi connectivity index (χ0v) is 12.7. The normalized spacial score (nSPS) is 15.6. The summed E-state index contributed by atoms with van der Waals surface area (Å²) in [5, 5.41) is 5.64. The summed E-state index contributed by atoms with van der Waals surface area (Å²) < 4.78 is 0. The first-order chi connectivity index (χ1) is 9.72. The fourth-order valence-corrected chi connectivity index (χ4v) is 4.24. The van der Waals surface area contributed by atoms with Crippen LogP contribution in [0.3, 0.4) is 0 Å². The van der Waals surface area contributed by atoms with Crippen molar-refractivity contribution in [1.82, 2.24) is 10.3 Å². The van der Waals surface area contributed by atoms with E-state index in [4.69, 9.17) is 5.73 Å². The van der Waals surface area contributed by atoms with Crippen molar-refractivity contribution in [3.8, 4) is 10.6 Å². The number of nitrogens with zero attached hydrogens (tertiary/aromatic N) is 1. The van der Waals surface area contributed by atoms with Gasteiger partial charge in [0, 0.05) is 10.9 Å². The molecule has 20 heavy (non-hydrogen) atoms. The van der Waals surface area contributed by atoms with Gasteiger partial charge in [-0.05, 0) is 24.3 Å². The van der Waals surface area contributed by atoms with Crippen LogP contribution >= 0.6 is 22.7 Å². The van der Waals surface area contributed by atoms with E-state index in [-0.39, 0.29) is 5.91 Å². The number of aromatic nitrogens is 1. The minimum Gasteiger partial charge on any atom is -0.375 e. The van der Waals surface area contributed by atoms with Gasteiger partial charge in [-0.15, -0.1) is 22.7 Å². The predicted molar refractivity (Wildman–Crippen MR) is 83.9 cm³/mol. The summed E-state index contributed by atoms with van der Waals surface area (Å²) >= 11 is 3.03. The number of rotatable bonds is 4. The molecule has 2 aromatic heterocycles. The van der Waals surface area contributed by atoms with E-state index in [0.717, 1.165) is 28.3 Å². The molecule has 0 radical (unpaired) electrons. The van der Waals surface area contributed by atoms with E-state index < -0.39 is 0 Å². The Morgan fingerprint density at radius 2 is 2.25 bits per heavy atom. The van der Waals surface area contributed by atoms with Crippen LogP contribution in [0.25, 0.3) is 10.6 Å². The third kappa shape index (κ3) is 3.02. The summed E-state index contributed by atoms with van der Waals surface area (Å²) in [6.07, 6.45) is 5.03. The summed E-state index contributed by atoms with van der Waals surface area (Å²) in [6, 6.07) is 4.35. The molecule has 1 fully saturated rings. The molecule has 0 aromatic carbocycles. The molecular formula is C14H17N3OS2. The second-order valence-electron chi connectivity index (χ2n) is 5.03. The highest BCUT2D eigenvalue weighted by molar-refractivity contribution is 7.17. The van der Waals surface area contributed by atoms with Crippen LogP contribution in [0.2, 0.25) is 0 Å². The summed E-state index contributed by atoms with van der Waals surface area (Å²) in [7, 11) is 0. The van der Waals surface area contributed by atoms with Crippen molar-refractivity contribution >= 4 is 33.7 Å². The monoisotopic (exact) mass is 307 g/mol. The van der Waals surface area contributed by atoms with Crippen LogP contribution in [0.5, 0.6) is 0 Å². The number of hydrogen-bond donors (Lipinski definition) is 2. The molecule has 1 aliphatic rings. The number of nitrogens with two attached hydrogens (primary N) is 1. The largest absolute Gasteiger partial charge is 0.375 e.